The maximum Gasteiger partial charge on any atom is 0.177 e. The first-order valence-corrected chi connectivity index (χ1v) is 4.80. The molecule has 76 valence electrons. The van der Waals surface area contributed by atoms with Gasteiger partial charge < -0.3 is 0 Å². The van der Waals surface area contributed by atoms with E-state index in [2.05, 4.69) is 0 Å². The molecule has 1 aromatic carbocycles. The first kappa shape index (κ1) is 11.2. The fourth-order valence-electron chi connectivity index (χ4n) is 1.32. The zero-order valence-electron chi connectivity index (χ0n) is 8.95. The molecule has 0 fully saturated rings. The predicted molar refractivity (Wildman–Crippen MR) is 59.1 cm³/mol. The van der Waals surface area contributed by atoms with Gasteiger partial charge in [-0.15, -0.1) is 0 Å². The number of nitrogens with zero attached hydrogens (tertiary/aromatic N) is 1. The van der Waals surface area contributed by atoms with Crippen LogP contribution in [-0.4, -0.2) is 5.78 Å². The second-order valence-corrected chi connectivity index (χ2v) is 3.57. The third-order valence-electron chi connectivity index (χ3n) is 2.10. The molecule has 2 heteroatoms. The van der Waals surface area contributed by atoms with Crippen LogP contribution < -0.4 is 0 Å². The van der Waals surface area contributed by atoms with Gasteiger partial charge in [-0.1, -0.05) is 35.9 Å². The lowest BCUT2D eigenvalue weighted by molar-refractivity contribution is -0.114. The summed E-state index contributed by atoms with van der Waals surface area (Å²) in [5, 5.41) is 8.82. The number of rotatable bonds is 3. The minimum atomic E-state index is -0.108. The molecule has 0 saturated heterocycles. The first-order valence-electron chi connectivity index (χ1n) is 4.80. The Kier molecular flexibility index (Phi) is 3.82. The Balaban J connectivity index is 2.82. The van der Waals surface area contributed by atoms with E-state index in [4.69, 9.17) is 5.26 Å². The predicted octanol–water partition coefficient (Wildman–Crippen LogP) is 2.66. The third kappa shape index (κ3) is 3.07. The van der Waals surface area contributed by atoms with E-state index in [1.54, 1.807) is 13.8 Å². The average Bonchev–Trinajstić information content (AvgIpc) is 2.19. The monoisotopic (exact) mass is 199 g/mol. The fourth-order valence-corrected chi connectivity index (χ4v) is 1.32. The summed E-state index contributed by atoms with van der Waals surface area (Å²) in [6.45, 7) is 3.56. The summed E-state index contributed by atoms with van der Waals surface area (Å²) in [7, 11) is 0. The van der Waals surface area contributed by atoms with Crippen molar-refractivity contribution < 1.29 is 4.79 Å². The van der Waals surface area contributed by atoms with Crippen LogP contribution in [0.1, 0.15) is 19.4 Å². The van der Waals surface area contributed by atoms with E-state index in [0.717, 1.165) is 11.1 Å². The standard InChI is InChI=1S/C13H13NO/c1-10(2)12(9-14)13(15)8-11-6-4-3-5-7-11/h3-7H,8H2,1-2H3. The van der Waals surface area contributed by atoms with E-state index < -0.39 is 0 Å². The third-order valence-corrected chi connectivity index (χ3v) is 2.10. The van der Waals surface area contributed by atoms with E-state index in [-0.39, 0.29) is 11.4 Å². The van der Waals surface area contributed by atoms with Crippen molar-refractivity contribution in [2.75, 3.05) is 0 Å². The van der Waals surface area contributed by atoms with Crippen LogP contribution in [0.5, 0.6) is 0 Å². The summed E-state index contributed by atoms with van der Waals surface area (Å²) < 4.78 is 0. The molecule has 0 atom stereocenters. The SMILES string of the molecule is CC(C)=C(C#N)C(=O)Cc1ccccc1. The molecule has 0 unspecified atom stereocenters. The molecule has 0 heterocycles. The van der Waals surface area contributed by atoms with Crippen LogP contribution in [0, 0.1) is 11.3 Å². The second kappa shape index (κ2) is 5.11. The van der Waals surface area contributed by atoms with Gasteiger partial charge in [0.1, 0.15) is 6.07 Å². The average molecular weight is 199 g/mol. The van der Waals surface area contributed by atoms with Gasteiger partial charge >= 0.3 is 0 Å². The number of ketones is 1. The van der Waals surface area contributed by atoms with Gasteiger partial charge in [-0.2, -0.15) is 5.26 Å². The highest BCUT2D eigenvalue weighted by Crippen LogP contribution is 2.08. The largest absolute Gasteiger partial charge is 0.293 e. The van der Waals surface area contributed by atoms with Crippen LogP contribution in [0.2, 0.25) is 0 Å². The second-order valence-electron chi connectivity index (χ2n) is 3.57. The van der Waals surface area contributed by atoms with Crippen molar-refractivity contribution in [1.29, 1.82) is 5.26 Å². The molecule has 0 aliphatic heterocycles. The van der Waals surface area contributed by atoms with E-state index in [1.165, 1.54) is 0 Å². The highest BCUT2D eigenvalue weighted by atomic mass is 16.1. The van der Waals surface area contributed by atoms with Gasteiger partial charge in [-0.25, -0.2) is 0 Å². The Morgan fingerprint density at radius 2 is 1.87 bits per heavy atom. The molecule has 0 aliphatic rings. The summed E-state index contributed by atoms with van der Waals surface area (Å²) in [5.41, 5.74) is 1.99. The number of carbonyl (C=O) groups is 1. The van der Waals surface area contributed by atoms with Gasteiger partial charge in [0.05, 0.1) is 5.57 Å². The van der Waals surface area contributed by atoms with Gasteiger partial charge in [0, 0.05) is 6.42 Å². The van der Waals surface area contributed by atoms with Gasteiger partial charge in [0.2, 0.25) is 0 Å². The summed E-state index contributed by atoms with van der Waals surface area (Å²) in [4.78, 5) is 11.7. The molecule has 2 nitrogen and oxygen atoms in total. The lowest BCUT2D eigenvalue weighted by Gasteiger charge is -2.01. The summed E-state index contributed by atoms with van der Waals surface area (Å²) in [6.07, 6.45) is 0.301. The van der Waals surface area contributed by atoms with Gasteiger partial charge in [-0.3, -0.25) is 4.79 Å². The Hall–Kier alpha value is -1.88. The molecule has 1 aromatic rings. The number of allylic oxidation sites excluding steroid dienone is 2. The van der Waals surface area contributed by atoms with Crippen molar-refractivity contribution in [3.05, 3.63) is 47.0 Å². The van der Waals surface area contributed by atoms with Crippen molar-refractivity contribution in [3.63, 3.8) is 0 Å². The molecule has 0 bridgehead atoms. The Morgan fingerprint density at radius 3 is 2.33 bits per heavy atom. The van der Waals surface area contributed by atoms with Crippen molar-refractivity contribution in [1.82, 2.24) is 0 Å². The van der Waals surface area contributed by atoms with Crippen molar-refractivity contribution >= 4 is 5.78 Å². The van der Waals surface area contributed by atoms with E-state index in [1.807, 2.05) is 36.4 Å². The molecule has 15 heavy (non-hydrogen) atoms. The molecular formula is C13H13NO. The number of nitriles is 1. The van der Waals surface area contributed by atoms with Gasteiger partial charge in [0.25, 0.3) is 0 Å². The molecular weight excluding hydrogens is 186 g/mol. The Labute approximate surface area is 89.9 Å². The smallest absolute Gasteiger partial charge is 0.177 e. The quantitative estimate of drug-likeness (QED) is 0.554. The maximum absolute atomic E-state index is 11.7. The van der Waals surface area contributed by atoms with Crippen LogP contribution in [0.25, 0.3) is 0 Å². The molecule has 0 radical (unpaired) electrons. The Bertz CT molecular complexity index is 420. The molecule has 0 saturated carbocycles. The van der Waals surface area contributed by atoms with Crippen LogP contribution in [0.3, 0.4) is 0 Å². The number of benzene rings is 1. The van der Waals surface area contributed by atoms with Crippen molar-refractivity contribution in [2.24, 2.45) is 0 Å². The van der Waals surface area contributed by atoms with Crippen LogP contribution in [-0.2, 0) is 11.2 Å². The zero-order chi connectivity index (χ0) is 11.3. The summed E-state index contributed by atoms with van der Waals surface area (Å²) in [5.74, 6) is -0.108. The normalized spacial score (nSPS) is 9.13. The van der Waals surface area contributed by atoms with E-state index in [0.29, 0.717) is 6.42 Å². The molecule has 0 amide bonds. The number of Topliss-reactive ketones (excluding diaryl/α,β-unsaturated/α-hetero) is 1. The number of carbonyl (C=O) groups excluding carboxylic acids is 1. The highest BCUT2D eigenvalue weighted by molar-refractivity contribution is 6.00. The summed E-state index contributed by atoms with van der Waals surface area (Å²) in [6, 6.07) is 11.4. The topological polar surface area (TPSA) is 40.9 Å². The number of hydrogen-bond donors (Lipinski definition) is 0. The maximum atomic E-state index is 11.7. The first-order chi connectivity index (χ1) is 7.15. The highest BCUT2D eigenvalue weighted by Gasteiger charge is 2.10. The van der Waals surface area contributed by atoms with Crippen LogP contribution in [0.15, 0.2) is 41.5 Å². The zero-order valence-corrected chi connectivity index (χ0v) is 8.95. The summed E-state index contributed by atoms with van der Waals surface area (Å²) >= 11 is 0. The lowest BCUT2D eigenvalue weighted by Crippen LogP contribution is -2.06. The van der Waals surface area contributed by atoms with E-state index in [9.17, 15) is 4.79 Å². The fraction of sp³-hybridized carbons (Fsp3) is 0.231. The molecule has 0 N–H and O–H groups in total. The van der Waals surface area contributed by atoms with Gasteiger partial charge in [-0.05, 0) is 19.4 Å². The molecule has 0 spiro atoms. The molecule has 0 aliphatic carbocycles. The van der Waals surface area contributed by atoms with Crippen LogP contribution >= 0.6 is 0 Å². The van der Waals surface area contributed by atoms with Gasteiger partial charge in [0.15, 0.2) is 5.78 Å². The van der Waals surface area contributed by atoms with Crippen LogP contribution in [0.4, 0.5) is 0 Å². The molecule has 1 rings (SSSR count). The minimum Gasteiger partial charge on any atom is -0.293 e. The van der Waals surface area contributed by atoms with Crippen molar-refractivity contribution in [2.45, 2.75) is 20.3 Å². The number of hydrogen-bond acceptors (Lipinski definition) is 2. The Morgan fingerprint density at radius 1 is 1.27 bits per heavy atom. The minimum absolute atomic E-state index is 0.108. The molecule has 0 aromatic heterocycles. The lowest BCUT2D eigenvalue weighted by atomic mass is 10.0. The van der Waals surface area contributed by atoms with Crippen molar-refractivity contribution in [3.8, 4) is 6.07 Å². The van der Waals surface area contributed by atoms with E-state index >= 15 is 0 Å².